The van der Waals surface area contributed by atoms with Gasteiger partial charge in [0.2, 0.25) is 5.91 Å². The van der Waals surface area contributed by atoms with Crippen LogP contribution in [0.25, 0.3) is 0 Å². The first-order valence-electron chi connectivity index (χ1n) is 8.92. The zero-order valence-electron chi connectivity index (χ0n) is 16.3. The summed E-state index contributed by atoms with van der Waals surface area (Å²) in [5, 5.41) is 16.9. The van der Waals surface area contributed by atoms with Crippen molar-refractivity contribution in [2.75, 3.05) is 40.3 Å². The summed E-state index contributed by atoms with van der Waals surface area (Å²) in [6.45, 7) is 7.77. The Morgan fingerprint density at radius 2 is 2.15 bits per heavy atom. The van der Waals surface area contributed by atoms with Crippen LogP contribution < -0.4 is 5.32 Å². The summed E-state index contributed by atoms with van der Waals surface area (Å²) in [4.78, 5) is 28.7. The van der Waals surface area contributed by atoms with Crippen molar-refractivity contribution < 1.29 is 19.2 Å². The Morgan fingerprint density at radius 3 is 2.73 bits per heavy atom. The topological polar surface area (TPSA) is 98.9 Å². The number of amides is 2. The van der Waals surface area contributed by atoms with Crippen LogP contribution in [0.1, 0.15) is 36.5 Å². The molecule has 1 saturated heterocycles. The molecule has 1 aromatic rings. The number of aryl methyl sites for hydroxylation is 1. The van der Waals surface area contributed by atoms with E-state index >= 15 is 0 Å². The van der Waals surface area contributed by atoms with Gasteiger partial charge < -0.3 is 24.7 Å². The zero-order chi connectivity index (χ0) is 19.5. The van der Waals surface area contributed by atoms with Crippen LogP contribution in [0.3, 0.4) is 0 Å². The second-order valence-electron chi connectivity index (χ2n) is 8.16. The van der Waals surface area contributed by atoms with Crippen molar-refractivity contribution in [3.8, 4) is 0 Å². The van der Waals surface area contributed by atoms with E-state index in [1.807, 2.05) is 14.1 Å². The molecule has 8 nitrogen and oxygen atoms in total. The van der Waals surface area contributed by atoms with E-state index in [1.54, 1.807) is 17.9 Å². The molecule has 0 unspecified atom stereocenters. The minimum absolute atomic E-state index is 0.0907. The number of aromatic nitrogens is 1. The first-order valence-corrected chi connectivity index (χ1v) is 8.92. The molecule has 1 aliphatic rings. The molecule has 0 saturated carbocycles. The molecule has 2 atom stereocenters. The summed E-state index contributed by atoms with van der Waals surface area (Å²) in [5.41, 5.74) is 0.136. The molecule has 2 heterocycles. The average molecular weight is 366 g/mol. The predicted molar refractivity (Wildman–Crippen MR) is 96.6 cm³/mol. The van der Waals surface area contributed by atoms with Crippen LogP contribution in [0, 0.1) is 18.3 Å². The van der Waals surface area contributed by atoms with Crippen LogP contribution in [0.2, 0.25) is 0 Å². The Kier molecular flexibility index (Phi) is 6.41. The first-order chi connectivity index (χ1) is 12.1. The maximum Gasteiger partial charge on any atom is 0.276 e. The van der Waals surface area contributed by atoms with E-state index in [1.165, 1.54) is 0 Å². The Morgan fingerprint density at radius 1 is 1.46 bits per heavy atom. The fourth-order valence-electron chi connectivity index (χ4n) is 3.38. The van der Waals surface area contributed by atoms with Crippen molar-refractivity contribution in [3.05, 3.63) is 17.5 Å². The summed E-state index contributed by atoms with van der Waals surface area (Å²) >= 11 is 0. The highest BCUT2D eigenvalue weighted by atomic mass is 16.5. The molecule has 1 fully saturated rings. The third kappa shape index (κ3) is 5.28. The van der Waals surface area contributed by atoms with Crippen molar-refractivity contribution in [3.63, 3.8) is 0 Å². The second-order valence-corrected chi connectivity index (χ2v) is 8.16. The molecule has 26 heavy (non-hydrogen) atoms. The van der Waals surface area contributed by atoms with Gasteiger partial charge in [0.1, 0.15) is 5.76 Å². The first kappa shape index (κ1) is 20.4. The van der Waals surface area contributed by atoms with Gasteiger partial charge in [0.15, 0.2) is 5.69 Å². The van der Waals surface area contributed by atoms with Gasteiger partial charge in [0, 0.05) is 32.2 Å². The van der Waals surface area contributed by atoms with Crippen LogP contribution in [-0.2, 0) is 4.79 Å². The number of hydrogen-bond donors (Lipinski definition) is 2. The van der Waals surface area contributed by atoms with Crippen molar-refractivity contribution >= 4 is 11.8 Å². The van der Waals surface area contributed by atoms with E-state index in [0.717, 1.165) is 6.54 Å². The van der Waals surface area contributed by atoms with Crippen molar-refractivity contribution in [2.45, 2.75) is 33.3 Å². The quantitative estimate of drug-likeness (QED) is 0.761. The minimum atomic E-state index is -0.755. The van der Waals surface area contributed by atoms with E-state index in [0.29, 0.717) is 25.3 Å². The summed E-state index contributed by atoms with van der Waals surface area (Å²) in [6.07, 6.45) is -0.392. The maximum absolute atomic E-state index is 12.6. The monoisotopic (exact) mass is 366 g/mol. The highest BCUT2D eigenvalue weighted by Gasteiger charge is 2.36. The molecular formula is C18H30N4O4. The van der Waals surface area contributed by atoms with Crippen LogP contribution in [0.4, 0.5) is 0 Å². The van der Waals surface area contributed by atoms with E-state index in [4.69, 9.17) is 4.52 Å². The number of nitrogens with zero attached hydrogens (tertiary/aromatic N) is 3. The summed E-state index contributed by atoms with van der Waals surface area (Å²) < 4.78 is 4.95. The Balaban J connectivity index is 1.96. The molecule has 1 aromatic heterocycles. The Bertz CT molecular complexity index is 641. The molecule has 1 aliphatic heterocycles. The molecule has 2 rings (SSSR count). The molecule has 0 aromatic carbocycles. The van der Waals surface area contributed by atoms with E-state index in [9.17, 15) is 14.7 Å². The largest absolute Gasteiger partial charge is 0.392 e. The van der Waals surface area contributed by atoms with Crippen molar-refractivity contribution in [2.24, 2.45) is 11.3 Å². The highest BCUT2D eigenvalue weighted by Crippen LogP contribution is 2.21. The molecule has 2 N–H and O–H groups in total. The molecule has 0 bridgehead atoms. The SMILES string of the molecule is Cc1cc(C(=O)N2CC[C@@H](O)[C@@H](C(=O)NCC(C)(C)CN(C)C)C2)no1. The van der Waals surface area contributed by atoms with E-state index in [2.05, 4.69) is 29.2 Å². The molecule has 0 aliphatic carbocycles. The van der Waals surface area contributed by atoms with Gasteiger partial charge in [0.25, 0.3) is 5.91 Å². The van der Waals surface area contributed by atoms with Crippen LogP contribution in [0.5, 0.6) is 0 Å². The smallest absolute Gasteiger partial charge is 0.276 e. The highest BCUT2D eigenvalue weighted by molar-refractivity contribution is 5.93. The van der Waals surface area contributed by atoms with Gasteiger partial charge in [-0.2, -0.15) is 0 Å². The van der Waals surface area contributed by atoms with Crippen LogP contribution in [-0.4, -0.2) is 78.3 Å². The van der Waals surface area contributed by atoms with E-state index in [-0.39, 0.29) is 29.5 Å². The number of carbonyl (C=O) groups is 2. The van der Waals surface area contributed by atoms with Gasteiger partial charge >= 0.3 is 0 Å². The second kappa shape index (κ2) is 8.18. The van der Waals surface area contributed by atoms with Gasteiger partial charge in [0.05, 0.1) is 12.0 Å². The number of likely N-dealkylation sites (tertiary alicyclic amines) is 1. The third-order valence-corrected chi connectivity index (χ3v) is 4.53. The summed E-state index contributed by atoms with van der Waals surface area (Å²) in [6, 6.07) is 1.58. The molecule has 0 spiro atoms. The van der Waals surface area contributed by atoms with Gasteiger partial charge in [-0.05, 0) is 32.9 Å². The molecule has 0 radical (unpaired) electrons. The number of aliphatic hydroxyl groups excluding tert-OH is 1. The number of aliphatic hydroxyl groups is 1. The Hall–Kier alpha value is -1.93. The van der Waals surface area contributed by atoms with Gasteiger partial charge in [-0.3, -0.25) is 9.59 Å². The maximum atomic E-state index is 12.6. The van der Waals surface area contributed by atoms with Crippen LogP contribution >= 0.6 is 0 Å². The lowest BCUT2D eigenvalue weighted by Crippen LogP contribution is -2.53. The van der Waals surface area contributed by atoms with Gasteiger partial charge in [-0.25, -0.2) is 0 Å². The standard InChI is InChI=1S/C18H30N4O4/c1-12-8-14(20-26-12)17(25)22-7-6-15(23)13(9-22)16(24)19-10-18(2,3)11-21(4)5/h8,13,15,23H,6-7,9-11H2,1-5H3,(H,19,24)/t13-,15+/m0/s1. The van der Waals surface area contributed by atoms with Gasteiger partial charge in [-0.15, -0.1) is 0 Å². The fraction of sp³-hybridized carbons (Fsp3) is 0.722. The normalized spacial score (nSPS) is 21.1. The van der Waals surface area contributed by atoms with Crippen LogP contribution in [0.15, 0.2) is 10.6 Å². The fourth-order valence-corrected chi connectivity index (χ4v) is 3.38. The number of piperidine rings is 1. The zero-order valence-corrected chi connectivity index (χ0v) is 16.3. The minimum Gasteiger partial charge on any atom is -0.392 e. The molecule has 146 valence electrons. The average Bonchev–Trinajstić information content (AvgIpc) is 2.98. The third-order valence-electron chi connectivity index (χ3n) is 4.53. The lowest BCUT2D eigenvalue weighted by Gasteiger charge is -2.36. The number of carbonyl (C=O) groups excluding carboxylic acids is 2. The number of hydrogen-bond acceptors (Lipinski definition) is 6. The lowest BCUT2D eigenvalue weighted by atomic mass is 9.90. The molecular weight excluding hydrogens is 336 g/mol. The predicted octanol–water partition coefficient (Wildman–Crippen LogP) is 0.510. The molecule has 2 amide bonds. The van der Waals surface area contributed by atoms with E-state index < -0.39 is 12.0 Å². The molecule has 8 heteroatoms. The lowest BCUT2D eigenvalue weighted by molar-refractivity contribution is -0.131. The van der Waals surface area contributed by atoms with Crippen molar-refractivity contribution in [1.29, 1.82) is 0 Å². The van der Waals surface area contributed by atoms with Crippen molar-refractivity contribution in [1.82, 2.24) is 20.3 Å². The number of nitrogens with one attached hydrogen (secondary N) is 1. The summed E-state index contributed by atoms with van der Waals surface area (Å²) in [7, 11) is 3.98. The number of rotatable bonds is 6. The van der Waals surface area contributed by atoms with Gasteiger partial charge in [-0.1, -0.05) is 19.0 Å². The Labute approximate surface area is 154 Å². The summed E-state index contributed by atoms with van der Waals surface area (Å²) in [5.74, 6) is -0.587.